The van der Waals surface area contributed by atoms with Crippen LogP contribution in [0.4, 0.5) is 16.2 Å². The Morgan fingerprint density at radius 1 is 1.00 bits per heavy atom. The average Bonchev–Trinajstić information content (AvgIpc) is 2.66. The van der Waals surface area contributed by atoms with E-state index in [9.17, 15) is 4.39 Å². The maximum atomic E-state index is 13.8. The van der Waals surface area contributed by atoms with Crippen LogP contribution in [0.2, 0.25) is 0 Å². The Labute approximate surface area is 153 Å². The molecule has 0 bridgehead atoms. The molecule has 0 spiro atoms. The van der Waals surface area contributed by atoms with E-state index in [1.165, 1.54) is 11.6 Å². The van der Waals surface area contributed by atoms with Crippen molar-refractivity contribution < 1.29 is 4.39 Å². The number of anilines is 2. The fourth-order valence-electron chi connectivity index (χ4n) is 2.74. The zero-order valence-corrected chi connectivity index (χ0v) is 15.1. The van der Waals surface area contributed by atoms with Crippen LogP contribution in [-0.4, -0.2) is 16.5 Å². The SMILES string of the molecule is CCN(Cc1ccccc1)c1nc(C)cc(NCc2ccccc2F)n1. The van der Waals surface area contributed by atoms with E-state index in [1.807, 2.05) is 37.3 Å². The molecule has 0 unspecified atom stereocenters. The molecule has 0 amide bonds. The number of nitrogens with zero attached hydrogens (tertiary/aromatic N) is 3. The van der Waals surface area contributed by atoms with Gasteiger partial charge in [-0.3, -0.25) is 0 Å². The van der Waals surface area contributed by atoms with Crippen LogP contribution in [0.15, 0.2) is 60.7 Å². The molecule has 134 valence electrons. The molecule has 3 rings (SSSR count). The summed E-state index contributed by atoms with van der Waals surface area (Å²) in [5.74, 6) is 1.15. The van der Waals surface area contributed by atoms with Crippen molar-refractivity contribution in [1.82, 2.24) is 9.97 Å². The van der Waals surface area contributed by atoms with Crippen LogP contribution in [-0.2, 0) is 13.1 Å². The van der Waals surface area contributed by atoms with E-state index < -0.39 is 0 Å². The summed E-state index contributed by atoms with van der Waals surface area (Å²) in [6.45, 7) is 5.95. The lowest BCUT2D eigenvalue weighted by molar-refractivity contribution is 0.613. The fraction of sp³-hybridized carbons (Fsp3) is 0.238. The maximum absolute atomic E-state index is 13.8. The topological polar surface area (TPSA) is 41.1 Å². The van der Waals surface area contributed by atoms with E-state index in [4.69, 9.17) is 0 Å². The summed E-state index contributed by atoms with van der Waals surface area (Å²) < 4.78 is 13.8. The highest BCUT2D eigenvalue weighted by Crippen LogP contribution is 2.17. The molecule has 2 aromatic carbocycles. The van der Waals surface area contributed by atoms with Crippen LogP contribution in [0.25, 0.3) is 0 Å². The smallest absolute Gasteiger partial charge is 0.227 e. The van der Waals surface area contributed by atoms with Gasteiger partial charge in [0.25, 0.3) is 0 Å². The Bertz CT molecular complexity index is 852. The highest BCUT2D eigenvalue weighted by Gasteiger charge is 2.11. The zero-order chi connectivity index (χ0) is 18.4. The predicted octanol–water partition coefficient (Wildman–Crippen LogP) is 4.56. The van der Waals surface area contributed by atoms with Crippen LogP contribution >= 0.6 is 0 Å². The molecular formula is C21H23FN4. The third-order valence-corrected chi connectivity index (χ3v) is 4.14. The fourth-order valence-corrected chi connectivity index (χ4v) is 2.74. The molecule has 0 radical (unpaired) electrons. The first-order chi connectivity index (χ1) is 12.7. The lowest BCUT2D eigenvalue weighted by atomic mass is 10.2. The summed E-state index contributed by atoms with van der Waals surface area (Å²) in [5.41, 5.74) is 2.69. The monoisotopic (exact) mass is 350 g/mol. The van der Waals surface area contributed by atoms with Gasteiger partial charge in [-0.1, -0.05) is 48.5 Å². The quantitative estimate of drug-likeness (QED) is 0.678. The standard InChI is InChI=1S/C21H23FN4/c1-3-26(15-17-9-5-4-6-10-17)21-24-16(2)13-20(25-21)23-14-18-11-7-8-12-19(18)22/h4-13H,3,14-15H2,1-2H3,(H,23,24,25). The van der Waals surface area contributed by atoms with Gasteiger partial charge in [-0.25, -0.2) is 9.37 Å². The Balaban J connectivity index is 1.76. The average molecular weight is 350 g/mol. The predicted molar refractivity (Wildman–Crippen MR) is 104 cm³/mol. The van der Waals surface area contributed by atoms with E-state index >= 15 is 0 Å². The van der Waals surface area contributed by atoms with Gasteiger partial charge in [0.1, 0.15) is 11.6 Å². The van der Waals surface area contributed by atoms with Crippen LogP contribution in [0.1, 0.15) is 23.7 Å². The second kappa shape index (κ2) is 8.43. The van der Waals surface area contributed by atoms with Crippen molar-refractivity contribution in [2.45, 2.75) is 26.9 Å². The van der Waals surface area contributed by atoms with Gasteiger partial charge in [-0.05, 0) is 25.5 Å². The second-order valence-electron chi connectivity index (χ2n) is 6.14. The number of hydrogen-bond acceptors (Lipinski definition) is 4. The molecule has 0 saturated carbocycles. The van der Waals surface area contributed by atoms with Crippen molar-refractivity contribution in [2.24, 2.45) is 0 Å². The molecule has 0 saturated heterocycles. The van der Waals surface area contributed by atoms with Gasteiger partial charge < -0.3 is 10.2 Å². The van der Waals surface area contributed by atoms with Gasteiger partial charge in [0.05, 0.1) is 0 Å². The van der Waals surface area contributed by atoms with E-state index in [1.54, 1.807) is 12.1 Å². The van der Waals surface area contributed by atoms with Crippen molar-refractivity contribution in [3.63, 3.8) is 0 Å². The number of aryl methyl sites for hydroxylation is 1. The highest BCUT2D eigenvalue weighted by atomic mass is 19.1. The van der Waals surface area contributed by atoms with E-state index in [0.29, 0.717) is 23.9 Å². The van der Waals surface area contributed by atoms with Crippen molar-refractivity contribution in [3.05, 3.63) is 83.3 Å². The third kappa shape index (κ3) is 4.57. The number of hydrogen-bond donors (Lipinski definition) is 1. The first kappa shape index (κ1) is 17.9. The van der Waals surface area contributed by atoms with Crippen molar-refractivity contribution in [3.8, 4) is 0 Å². The molecule has 0 aliphatic heterocycles. The lowest BCUT2D eigenvalue weighted by Gasteiger charge is -2.22. The largest absolute Gasteiger partial charge is 0.366 e. The van der Waals surface area contributed by atoms with Crippen molar-refractivity contribution >= 4 is 11.8 Å². The highest BCUT2D eigenvalue weighted by molar-refractivity contribution is 5.44. The van der Waals surface area contributed by atoms with Gasteiger partial charge in [0.2, 0.25) is 5.95 Å². The molecule has 0 aliphatic rings. The molecule has 1 aromatic heterocycles. The minimum absolute atomic E-state index is 0.217. The second-order valence-corrected chi connectivity index (χ2v) is 6.14. The summed E-state index contributed by atoms with van der Waals surface area (Å²) in [7, 11) is 0. The molecule has 26 heavy (non-hydrogen) atoms. The van der Waals surface area contributed by atoms with Gasteiger partial charge in [0.15, 0.2) is 0 Å². The van der Waals surface area contributed by atoms with Gasteiger partial charge in [-0.2, -0.15) is 4.98 Å². The minimum atomic E-state index is -0.217. The Hall–Kier alpha value is -2.95. The molecule has 0 atom stereocenters. The van der Waals surface area contributed by atoms with Crippen molar-refractivity contribution in [1.29, 1.82) is 0 Å². The summed E-state index contributed by atoms with van der Waals surface area (Å²) in [5, 5.41) is 3.21. The van der Waals surface area contributed by atoms with E-state index in [-0.39, 0.29) is 5.82 Å². The van der Waals surface area contributed by atoms with Crippen molar-refractivity contribution in [2.75, 3.05) is 16.8 Å². The molecule has 1 N–H and O–H groups in total. The van der Waals surface area contributed by atoms with E-state index in [2.05, 4.69) is 39.2 Å². The Morgan fingerprint density at radius 3 is 2.46 bits per heavy atom. The number of rotatable bonds is 7. The molecule has 0 fully saturated rings. The van der Waals surface area contributed by atoms with Crippen LogP contribution in [0.5, 0.6) is 0 Å². The van der Waals surface area contributed by atoms with Crippen LogP contribution < -0.4 is 10.2 Å². The maximum Gasteiger partial charge on any atom is 0.227 e. The summed E-state index contributed by atoms with van der Waals surface area (Å²) in [6.07, 6.45) is 0. The summed E-state index contributed by atoms with van der Waals surface area (Å²) in [4.78, 5) is 11.3. The Morgan fingerprint density at radius 2 is 1.73 bits per heavy atom. The minimum Gasteiger partial charge on any atom is -0.366 e. The third-order valence-electron chi connectivity index (χ3n) is 4.14. The number of benzene rings is 2. The first-order valence-electron chi connectivity index (χ1n) is 8.77. The van der Waals surface area contributed by atoms with Crippen LogP contribution in [0, 0.1) is 12.7 Å². The van der Waals surface area contributed by atoms with Gasteiger partial charge >= 0.3 is 0 Å². The first-order valence-corrected chi connectivity index (χ1v) is 8.77. The molecular weight excluding hydrogens is 327 g/mol. The summed E-state index contributed by atoms with van der Waals surface area (Å²) in [6, 6.07) is 18.9. The number of nitrogens with one attached hydrogen (secondary N) is 1. The summed E-state index contributed by atoms with van der Waals surface area (Å²) >= 11 is 0. The number of aromatic nitrogens is 2. The molecule has 5 heteroatoms. The molecule has 1 heterocycles. The van der Waals surface area contributed by atoms with Gasteiger partial charge in [0, 0.05) is 37.0 Å². The number of halogens is 1. The molecule has 3 aromatic rings. The zero-order valence-electron chi connectivity index (χ0n) is 15.1. The normalized spacial score (nSPS) is 10.6. The lowest BCUT2D eigenvalue weighted by Crippen LogP contribution is -2.25. The molecule has 4 nitrogen and oxygen atoms in total. The van der Waals surface area contributed by atoms with Gasteiger partial charge in [-0.15, -0.1) is 0 Å². The van der Waals surface area contributed by atoms with Crippen LogP contribution in [0.3, 0.4) is 0 Å². The van der Waals surface area contributed by atoms with E-state index in [0.717, 1.165) is 18.8 Å². The molecule has 0 aliphatic carbocycles. The Kier molecular flexibility index (Phi) is 5.79.